The van der Waals surface area contributed by atoms with E-state index in [0.717, 1.165) is 10.0 Å². The van der Waals surface area contributed by atoms with Gasteiger partial charge in [-0.2, -0.15) is 0 Å². The first-order chi connectivity index (χ1) is 5.65. The molecule has 1 N–H and O–H groups in total. The van der Waals surface area contributed by atoms with E-state index in [-0.39, 0.29) is 12.5 Å². The van der Waals surface area contributed by atoms with Crippen LogP contribution in [0.3, 0.4) is 0 Å². The van der Waals surface area contributed by atoms with E-state index in [0.29, 0.717) is 0 Å². The number of halogens is 1. The number of hydrogen-bond acceptors (Lipinski definition) is 1. The topological polar surface area (TPSA) is 20.2 Å². The molecular weight excluding hydrogens is 216 g/mol. The van der Waals surface area contributed by atoms with Crippen LogP contribution in [0, 0.1) is 13.8 Å². The zero-order chi connectivity index (χ0) is 9.14. The summed E-state index contributed by atoms with van der Waals surface area (Å²) in [5.41, 5.74) is 2.26. The van der Waals surface area contributed by atoms with Gasteiger partial charge in [-0.05, 0) is 31.0 Å². The number of aliphatic hydroxyl groups is 1. The van der Waals surface area contributed by atoms with Gasteiger partial charge in [0.25, 0.3) is 0 Å². The molecule has 0 amide bonds. The molecule has 1 atom stereocenters. The highest BCUT2D eigenvalue weighted by Crippen LogP contribution is 2.21. The minimum Gasteiger partial charge on any atom is -0.396 e. The van der Waals surface area contributed by atoms with Crippen LogP contribution in [-0.2, 0) is 0 Å². The highest BCUT2D eigenvalue weighted by atomic mass is 79.9. The van der Waals surface area contributed by atoms with Crippen molar-refractivity contribution in [3.63, 3.8) is 0 Å². The van der Waals surface area contributed by atoms with E-state index in [2.05, 4.69) is 22.9 Å². The first-order valence-corrected chi connectivity index (χ1v) is 4.64. The Bertz CT molecular complexity index is 271. The predicted molar refractivity (Wildman–Crippen MR) is 54.1 cm³/mol. The van der Waals surface area contributed by atoms with E-state index in [1.165, 1.54) is 5.56 Å². The summed E-state index contributed by atoms with van der Waals surface area (Å²) in [4.78, 5) is 0. The van der Waals surface area contributed by atoms with Gasteiger partial charge in [0, 0.05) is 17.0 Å². The normalized spacial score (nSPS) is 13.0. The Hall–Kier alpha value is -0.340. The summed E-state index contributed by atoms with van der Waals surface area (Å²) in [6, 6.07) is 6.00. The van der Waals surface area contributed by atoms with Crippen molar-refractivity contribution < 1.29 is 5.11 Å². The molecule has 0 aliphatic carbocycles. The third kappa shape index (κ3) is 2.08. The molecule has 0 saturated carbocycles. The van der Waals surface area contributed by atoms with Crippen molar-refractivity contribution in [3.8, 4) is 0 Å². The molecule has 0 bridgehead atoms. The van der Waals surface area contributed by atoms with E-state index < -0.39 is 0 Å². The highest BCUT2D eigenvalue weighted by Gasteiger charge is 2.04. The molecule has 0 aromatic heterocycles. The molecule has 0 fully saturated rings. The molecule has 0 heterocycles. The number of benzene rings is 1. The van der Waals surface area contributed by atoms with Gasteiger partial charge in [0.1, 0.15) is 0 Å². The van der Waals surface area contributed by atoms with Gasteiger partial charge in [-0.25, -0.2) is 0 Å². The maximum Gasteiger partial charge on any atom is 0.0499 e. The van der Waals surface area contributed by atoms with E-state index in [4.69, 9.17) is 5.11 Å². The van der Waals surface area contributed by atoms with Crippen LogP contribution in [0.25, 0.3) is 0 Å². The third-order valence-electron chi connectivity index (χ3n) is 1.87. The summed E-state index contributed by atoms with van der Waals surface area (Å²) in [5.74, 6) is -0.0169. The monoisotopic (exact) mass is 227 g/mol. The van der Waals surface area contributed by atoms with Gasteiger partial charge < -0.3 is 5.11 Å². The third-order valence-corrected chi connectivity index (χ3v) is 2.76. The molecule has 65 valence electrons. The van der Waals surface area contributed by atoms with E-state index in [9.17, 15) is 0 Å². The van der Waals surface area contributed by atoms with Crippen LogP contribution in [0.15, 0.2) is 22.7 Å². The van der Waals surface area contributed by atoms with Gasteiger partial charge in [0.15, 0.2) is 0 Å². The van der Waals surface area contributed by atoms with Crippen molar-refractivity contribution in [3.05, 3.63) is 40.7 Å². The van der Waals surface area contributed by atoms with E-state index in [1.807, 2.05) is 25.1 Å². The first kappa shape index (κ1) is 9.75. The minimum atomic E-state index is -0.0169. The Morgan fingerprint density at radius 2 is 2.25 bits per heavy atom. The van der Waals surface area contributed by atoms with Crippen LogP contribution >= 0.6 is 15.9 Å². The fraction of sp³-hybridized carbons (Fsp3) is 0.300. The first-order valence-electron chi connectivity index (χ1n) is 3.85. The fourth-order valence-corrected chi connectivity index (χ4v) is 1.27. The molecule has 1 aromatic rings. The maximum atomic E-state index is 8.87. The lowest BCUT2D eigenvalue weighted by atomic mass is 10.0. The molecule has 1 radical (unpaired) electrons. The van der Waals surface area contributed by atoms with Gasteiger partial charge in [-0.15, -0.1) is 0 Å². The Labute approximate surface area is 81.6 Å². The lowest BCUT2D eigenvalue weighted by molar-refractivity contribution is 0.282. The Morgan fingerprint density at radius 1 is 1.58 bits per heavy atom. The Morgan fingerprint density at radius 3 is 2.75 bits per heavy atom. The maximum absolute atomic E-state index is 8.87. The predicted octanol–water partition coefficient (Wildman–Crippen LogP) is 2.67. The van der Waals surface area contributed by atoms with Gasteiger partial charge in [-0.1, -0.05) is 28.1 Å². The van der Waals surface area contributed by atoms with Crippen molar-refractivity contribution in [2.24, 2.45) is 0 Å². The SMILES string of the molecule is [CH2]C(CO)c1ccc(Br)c(C)c1. The second-order valence-corrected chi connectivity index (χ2v) is 3.74. The molecule has 0 aliphatic rings. The van der Waals surface area contributed by atoms with Crippen LogP contribution in [0.4, 0.5) is 0 Å². The van der Waals surface area contributed by atoms with E-state index in [1.54, 1.807) is 0 Å². The fourth-order valence-electron chi connectivity index (χ4n) is 1.03. The van der Waals surface area contributed by atoms with Crippen LogP contribution in [0.1, 0.15) is 17.0 Å². The molecule has 0 saturated heterocycles. The van der Waals surface area contributed by atoms with Crippen molar-refractivity contribution >= 4 is 15.9 Å². The van der Waals surface area contributed by atoms with Gasteiger partial charge in [0.05, 0.1) is 0 Å². The number of hydrogen-bond donors (Lipinski definition) is 1. The van der Waals surface area contributed by atoms with E-state index >= 15 is 0 Å². The number of aryl methyl sites for hydroxylation is 1. The highest BCUT2D eigenvalue weighted by molar-refractivity contribution is 9.10. The van der Waals surface area contributed by atoms with Gasteiger partial charge >= 0.3 is 0 Å². The Balaban J connectivity index is 2.96. The lowest BCUT2D eigenvalue weighted by Crippen LogP contribution is -1.99. The van der Waals surface area contributed by atoms with Gasteiger partial charge in [0.2, 0.25) is 0 Å². The van der Waals surface area contributed by atoms with Crippen LogP contribution < -0.4 is 0 Å². The average molecular weight is 228 g/mol. The Kier molecular flexibility index (Phi) is 3.29. The van der Waals surface area contributed by atoms with Crippen molar-refractivity contribution in [1.82, 2.24) is 0 Å². The molecule has 2 heteroatoms. The quantitative estimate of drug-likeness (QED) is 0.824. The summed E-state index contributed by atoms with van der Waals surface area (Å²) in [7, 11) is 0. The lowest BCUT2D eigenvalue weighted by Gasteiger charge is -2.09. The second kappa shape index (κ2) is 4.06. The summed E-state index contributed by atoms with van der Waals surface area (Å²) >= 11 is 3.42. The summed E-state index contributed by atoms with van der Waals surface area (Å²) < 4.78 is 1.09. The molecule has 0 spiro atoms. The summed E-state index contributed by atoms with van der Waals surface area (Å²) in [6.45, 7) is 5.96. The van der Waals surface area contributed by atoms with Crippen molar-refractivity contribution in [2.45, 2.75) is 12.8 Å². The smallest absolute Gasteiger partial charge is 0.0499 e. The minimum absolute atomic E-state index is 0.0169. The number of aliphatic hydroxyl groups excluding tert-OH is 1. The molecule has 1 rings (SSSR count). The molecular formula is C10H12BrO. The van der Waals surface area contributed by atoms with Crippen LogP contribution in [0.2, 0.25) is 0 Å². The molecule has 1 unspecified atom stereocenters. The van der Waals surface area contributed by atoms with Crippen LogP contribution in [-0.4, -0.2) is 11.7 Å². The summed E-state index contributed by atoms with van der Waals surface area (Å²) in [5, 5.41) is 8.87. The number of rotatable bonds is 2. The van der Waals surface area contributed by atoms with Crippen LogP contribution in [0.5, 0.6) is 0 Å². The molecule has 12 heavy (non-hydrogen) atoms. The van der Waals surface area contributed by atoms with Crippen molar-refractivity contribution in [2.75, 3.05) is 6.61 Å². The molecule has 1 nitrogen and oxygen atoms in total. The zero-order valence-corrected chi connectivity index (χ0v) is 8.63. The average Bonchev–Trinajstić information content (AvgIpc) is 2.08. The van der Waals surface area contributed by atoms with Crippen molar-refractivity contribution in [1.29, 1.82) is 0 Å². The second-order valence-electron chi connectivity index (χ2n) is 2.89. The zero-order valence-electron chi connectivity index (χ0n) is 7.05. The largest absolute Gasteiger partial charge is 0.396 e. The summed E-state index contributed by atoms with van der Waals surface area (Å²) in [6.07, 6.45) is 0. The van der Waals surface area contributed by atoms with Gasteiger partial charge in [-0.3, -0.25) is 0 Å². The standard InChI is InChI=1S/C10H12BrO/c1-7-5-9(8(2)6-12)3-4-10(7)11/h3-5,8,12H,2,6H2,1H3. The molecule has 0 aliphatic heterocycles. The molecule has 1 aromatic carbocycles.